The molecule has 3 N–H and O–H groups in total. The summed E-state index contributed by atoms with van der Waals surface area (Å²) in [5.41, 5.74) is 0. The normalized spacial score (nSPS) is 34.2. The van der Waals surface area contributed by atoms with E-state index in [1.807, 2.05) is 0 Å². The van der Waals surface area contributed by atoms with E-state index in [0.29, 0.717) is 6.42 Å². The van der Waals surface area contributed by atoms with Crippen molar-refractivity contribution in [2.24, 2.45) is 0 Å². The van der Waals surface area contributed by atoms with E-state index in [2.05, 4.69) is 15.6 Å². The molecule has 0 spiro atoms. The molecule has 3 aliphatic rings. The van der Waals surface area contributed by atoms with Crippen LogP contribution in [0, 0.1) is 0 Å². The SMILES string of the molecule is C[C@]1(Cn2ccnn2)[C@H](C(=O)N[C@H]2CC[C@@H](CC(=O)O)OB2O)N2C(=O)C[C@H]2S1(=O)=O. The van der Waals surface area contributed by atoms with Gasteiger partial charge in [-0.25, -0.2) is 8.42 Å². The van der Waals surface area contributed by atoms with Crippen molar-refractivity contribution in [2.75, 3.05) is 0 Å². The van der Waals surface area contributed by atoms with Crippen molar-refractivity contribution >= 4 is 34.7 Å². The molecular formula is C16H22BN5O8S. The smallest absolute Gasteiger partial charge is 0.478 e. The Balaban J connectivity index is 1.55. The maximum atomic E-state index is 13.2. The second kappa shape index (κ2) is 7.56. The van der Waals surface area contributed by atoms with Crippen LogP contribution in [0.5, 0.6) is 0 Å². The molecule has 1 aromatic rings. The summed E-state index contributed by atoms with van der Waals surface area (Å²) < 4.78 is 31.3. The highest BCUT2D eigenvalue weighted by molar-refractivity contribution is 7.93. The van der Waals surface area contributed by atoms with Gasteiger partial charge in [-0.1, -0.05) is 5.21 Å². The number of carboxylic acids is 1. The molecule has 4 rings (SSSR count). The third-order valence-electron chi connectivity index (χ3n) is 6.21. The van der Waals surface area contributed by atoms with E-state index in [9.17, 15) is 27.8 Å². The van der Waals surface area contributed by atoms with Gasteiger partial charge in [-0.05, 0) is 19.8 Å². The molecule has 3 saturated heterocycles. The van der Waals surface area contributed by atoms with Crippen molar-refractivity contribution in [2.45, 2.75) is 67.4 Å². The molecule has 0 saturated carbocycles. The van der Waals surface area contributed by atoms with Crippen molar-refractivity contribution in [3.63, 3.8) is 0 Å². The topological polar surface area (TPSA) is 181 Å². The predicted molar refractivity (Wildman–Crippen MR) is 103 cm³/mol. The number of carbonyl (C=O) groups is 3. The highest BCUT2D eigenvalue weighted by Gasteiger charge is 2.70. The van der Waals surface area contributed by atoms with Gasteiger partial charge in [0.25, 0.3) is 0 Å². The Morgan fingerprint density at radius 2 is 2.16 bits per heavy atom. The molecule has 2 amide bonds. The van der Waals surface area contributed by atoms with Crippen LogP contribution >= 0.6 is 0 Å². The fraction of sp³-hybridized carbons (Fsp3) is 0.688. The van der Waals surface area contributed by atoms with E-state index in [1.54, 1.807) is 0 Å². The number of aromatic nitrogens is 3. The van der Waals surface area contributed by atoms with Crippen LogP contribution in [0.1, 0.15) is 32.6 Å². The number of fused-ring (bicyclic) bond motifs is 1. The van der Waals surface area contributed by atoms with Gasteiger partial charge < -0.3 is 25.0 Å². The summed E-state index contributed by atoms with van der Waals surface area (Å²) in [5.74, 6) is -3.11. The molecule has 168 valence electrons. The summed E-state index contributed by atoms with van der Waals surface area (Å²) in [5, 5.41) is 28.0. The van der Waals surface area contributed by atoms with Gasteiger partial charge in [-0.15, -0.1) is 5.10 Å². The lowest BCUT2D eigenvalue weighted by atomic mass is 9.72. The molecule has 13 nitrogen and oxygen atoms in total. The van der Waals surface area contributed by atoms with Crippen LogP contribution < -0.4 is 5.32 Å². The van der Waals surface area contributed by atoms with Crippen LogP contribution in [0.4, 0.5) is 0 Å². The van der Waals surface area contributed by atoms with Crippen LogP contribution in [0.2, 0.25) is 0 Å². The number of aliphatic carboxylic acids is 1. The van der Waals surface area contributed by atoms with E-state index in [1.165, 1.54) is 24.0 Å². The summed E-state index contributed by atoms with van der Waals surface area (Å²) in [7, 11) is -5.37. The molecule has 0 radical (unpaired) electrons. The minimum atomic E-state index is -3.91. The van der Waals surface area contributed by atoms with Crippen molar-refractivity contribution in [3.05, 3.63) is 12.4 Å². The van der Waals surface area contributed by atoms with Gasteiger partial charge in [0.05, 0.1) is 37.6 Å². The maximum Gasteiger partial charge on any atom is 0.478 e. The lowest BCUT2D eigenvalue weighted by molar-refractivity contribution is -0.150. The van der Waals surface area contributed by atoms with Gasteiger partial charge in [0.15, 0.2) is 9.84 Å². The van der Waals surface area contributed by atoms with Crippen LogP contribution in [0.15, 0.2) is 12.4 Å². The third kappa shape index (κ3) is 3.49. The van der Waals surface area contributed by atoms with Gasteiger partial charge in [-0.3, -0.25) is 19.1 Å². The maximum absolute atomic E-state index is 13.2. The lowest BCUT2D eigenvalue weighted by Gasteiger charge is -2.38. The highest BCUT2D eigenvalue weighted by atomic mass is 32.2. The average Bonchev–Trinajstić information content (AvgIpc) is 3.21. The Labute approximate surface area is 177 Å². The largest absolute Gasteiger partial charge is 0.481 e. The minimum absolute atomic E-state index is 0.182. The zero-order valence-electron chi connectivity index (χ0n) is 16.6. The summed E-state index contributed by atoms with van der Waals surface area (Å²) in [6.07, 6.45) is 2.22. The van der Waals surface area contributed by atoms with E-state index < -0.39 is 62.9 Å². The number of sulfone groups is 1. The number of hydrogen-bond donors (Lipinski definition) is 3. The molecule has 5 atom stereocenters. The standard InChI is InChI=1S/C16H22BN5O8S/c1-16(8-21-5-4-18-20-21)14(22-11(23)7-12(22)31(16,28)29)15(26)19-10-3-2-9(6-13(24)25)30-17(10)27/h4-5,9-10,12,14,27H,2-3,6-8H2,1H3,(H,19,26)(H,24,25)/t9-,10-,12+,14-,16-/m0/s1. The Morgan fingerprint density at radius 3 is 2.74 bits per heavy atom. The van der Waals surface area contributed by atoms with Crippen molar-refractivity contribution in [3.8, 4) is 0 Å². The van der Waals surface area contributed by atoms with E-state index >= 15 is 0 Å². The number of β-lactam (4-membered cyclic amide) rings is 1. The molecule has 4 heterocycles. The Morgan fingerprint density at radius 1 is 1.42 bits per heavy atom. The Bertz CT molecular complexity index is 1000. The first-order valence-corrected chi connectivity index (χ1v) is 11.3. The van der Waals surface area contributed by atoms with E-state index in [-0.39, 0.29) is 25.8 Å². The second-order valence-corrected chi connectivity index (χ2v) is 10.8. The molecule has 0 bridgehead atoms. The van der Waals surface area contributed by atoms with Crippen LogP contribution in [-0.2, 0) is 35.4 Å². The zero-order valence-corrected chi connectivity index (χ0v) is 17.4. The molecule has 1 aromatic heterocycles. The first kappa shape index (κ1) is 21.7. The first-order chi connectivity index (χ1) is 14.5. The fourth-order valence-electron chi connectivity index (χ4n) is 4.57. The molecule has 0 aromatic carbocycles. The number of rotatable bonds is 6. The number of hydrogen-bond acceptors (Lipinski definition) is 9. The quantitative estimate of drug-likeness (QED) is 0.308. The Hall–Kier alpha value is -2.52. The molecule has 15 heteroatoms. The van der Waals surface area contributed by atoms with Gasteiger partial charge in [0.1, 0.15) is 16.2 Å². The first-order valence-electron chi connectivity index (χ1n) is 9.79. The van der Waals surface area contributed by atoms with Crippen molar-refractivity contribution < 1.29 is 37.6 Å². The average molecular weight is 455 g/mol. The summed E-state index contributed by atoms with van der Waals surface area (Å²) in [6.45, 7) is 1.22. The monoisotopic (exact) mass is 455 g/mol. The van der Waals surface area contributed by atoms with Gasteiger partial charge in [0.2, 0.25) is 11.8 Å². The highest BCUT2D eigenvalue weighted by Crippen LogP contribution is 2.46. The molecule has 0 aliphatic carbocycles. The van der Waals surface area contributed by atoms with Gasteiger partial charge >= 0.3 is 13.1 Å². The number of nitrogens with zero attached hydrogens (tertiary/aromatic N) is 4. The van der Waals surface area contributed by atoms with Crippen LogP contribution in [-0.4, -0.2) is 91.6 Å². The minimum Gasteiger partial charge on any atom is -0.481 e. The fourth-order valence-corrected chi connectivity index (χ4v) is 6.93. The van der Waals surface area contributed by atoms with Gasteiger partial charge in [0, 0.05) is 6.20 Å². The van der Waals surface area contributed by atoms with E-state index in [0.717, 1.165) is 4.90 Å². The summed E-state index contributed by atoms with van der Waals surface area (Å²) in [4.78, 5) is 37.3. The lowest BCUT2D eigenvalue weighted by Crippen LogP contribution is -2.63. The number of carboxylic acid groups (broad SMARTS) is 1. The molecular weight excluding hydrogens is 433 g/mol. The number of amides is 2. The second-order valence-electron chi connectivity index (χ2n) is 8.26. The predicted octanol–water partition coefficient (Wildman–Crippen LogP) is -2.45. The summed E-state index contributed by atoms with van der Waals surface area (Å²) >= 11 is 0. The van der Waals surface area contributed by atoms with Crippen molar-refractivity contribution in [1.82, 2.24) is 25.2 Å². The molecule has 3 aliphatic heterocycles. The van der Waals surface area contributed by atoms with Gasteiger partial charge in [-0.2, -0.15) is 0 Å². The molecule has 3 fully saturated rings. The summed E-state index contributed by atoms with van der Waals surface area (Å²) in [6, 6.07) is -1.32. The number of nitrogens with one attached hydrogen (secondary N) is 1. The van der Waals surface area contributed by atoms with Crippen LogP contribution in [0.25, 0.3) is 0 Å². The van der Waals surface area contributed by atoms with E-state index in [4.69, 9.17) is 9.76 Å². The molecule has 31 heavy (non-hydrogen) atoms. The zero-order chi connectivity index (χ0) is 22.6. The van der Waals surface area contributed by atoms with Crippen LogP contribution in [0.3, 0.4) is 0 Å². The third-order valence-corrected chi connectivity index (χ3v) is 8.98. The molecule has 0 unspecified atom stereocenters. The van der Waals surface area contributed by atoms with Crippen molar-refractivity contribution in [1.29, 1.82) is 0 Å². The Kier molecular flexibility index (Phi) is 5.30. The number of carbonyl (C=O) groups excluding carboxylic acids is 2.